The molecule has 174 valence electrons. The second-order valence-electron chi connectivity index (χ2n) is 8.25. The number of amides is 2. The summed E-state index contributed by atoms with van der Waals surface area (Å²) in [4.78, 5) is 32.8. The molecular weight excluding hydrogens is 442 g/mol. The summed E-state index contributed by atoms with van der Waals surface area (Å²) in [5.74, 6) is 0.116. The molecule has 3 aromatic carbocycles. The van der Waals surface area contributed by atoms with E-state index in [4.69, 9.17) is 4.74 Å². The molecule has 2 amide bonds. The minimum absolute atomic E-state index is 0.118. The van der Waals surface area contributed by atoms with Crippen LogP contribution in [0.25, 0.3) is 6.08 Å². The Balaban J connectivity index is 1.58. The molecule has 35 heavy (non-hydrogen) atoms. The second kappa shape index (κ2) is 8.90. The van der Waals surface area contributed by atoms with E-state index in [-0.39, 0.29) is 11.4 Å². The zero-order valence-electron chi connectivity index (χ0n) is 19.5. The Kier molecular flexibility index (Phi) is 5.62. The van der Waals surface area contributed by atoms with E-state index in [9.17, 15) is 9.59 Å². The summed E-state index contributed by atoms with van der Waals surface area (Å²) in [6.07, 6.45) is 1.72. The van der Waals surface area contributed by atoms with Gasteiger partial charge in [0.1, 0.15) is 11.4 Å². The van der Waals surface area contributed by atoms with E-state index in [2.05, 4.69) is 15.4 Å². The van der Waals surface area contributed by atoms with Gasteiger partial charge in [0.2, 0.25) is 0 Å². The average molecular weight is 466 g/mol. The molecule has 0 aliphatic carbocycles. The summed E-state index contributed by atoms with van der Waals surface area (Å²) < 4.78 is 5.30. The van der Waals surface area contributed by atoms with Gasteiger partial charge in [0.15, 0.2) is 11.5 Å². The van der Waals surface area contributed by atoms with Crippen LogP contribution in [0.5, 0.6) is 5.75 Å². The SMILES string of the molecule is COc1ccc2c(c1)/C(=N/N1C(=O)C(=Cc3ccc(N(C)C)cc3)N=C1c1ccccc1)C(=O)N2. The summed E-state index contributed by atoms with van der Waals surface area (Å²) in [5.41, 5.74) is 4.11. The third kappa shape index (κ3) is 4.17. The number of hydrazone groups is 1. The fourth-order valence-electron chi connectivity index (χ4n) is 3.86. The lowest BCUT2D eigenvalue weighted by Crippen LogP contribution is -2.30. The van der Waals surface area contributed by atoms with Gasteiger partial charge >= 0.3 is 0 Å². The number of nitrogens with one attached hydrogen (secondary N) is 1. The summed E-state index contributed by atoms with van der Waals surface area (Å²) in [6.45, 7) is 0. The van der Waals surface area contributed by atoms with Crippen LogP contribution >= 0.6 is 0 Å². The monoisotopic (exact) mass is 465 g/mol. The van der Waals surface area contributed by atoms with Crippen LogP contribution in [0, 0.1) is 0 Å². The van der Waals surface area contributed by atoms with Crippen LogP contribution in [-0.4, -0.2) is 49.6 Å². The third-order valence-corrected chi connectivity index (χ3v) is 5.73. The van der Waals surface area contributed by atoms with Gasteiger partial charge < -0.3 is 15.0 Å². The van der Waals surface area contributed by atoms with Crippen molar-refractivity contribution in [2.45, 2.75) is 0 Å². The standard InChI is InChI=1S/C27H23N5O3/c1-31(2)19-11-9-17(10-12-19)15-23-27(34)32(25(28-23)18-7-5-4-6-8-18)30-24-21-16-20(35-3)13-14-22(21)29-26(24)33/h4-16H,1-3H3,(H,29,30,33). The smallest absolute Gasteiger partial charge is 0.298 e. The Labute approximate surface area is 202 Å². The molecule has 0 saturated carbocycles. The fourth-order valence-corrected chi connectivity index (χ4v) is 3.86. The zero-order chi connectivity index (χ0) is 24.5. The average Bonchev–Trinajstić information content (AvgIpc) is 3.35. The van der Waals surface area contributed by atoms with Crippen molar-refractivity contribution in [1.29, 1.82) is 0 Å². The number of ether oxygens (including phenoxy) is 1. The van der Waals surface area contributed by atoms with Gasteiger partial charge in [0.25, 0.3) is 11.8 Å². The van der Waals surface area contributed by atoms with Gasteiger partial charge in [-0.25, -0.2) is 4.99 Å². The summed E-state index contributed by atoms with van der Waals surface area (Å²) >= 11 is 0. The van der Waals surface area contributed by atoms with Crippen molar-refractivity contribution in [2.24, 2.45) is 10.1 Å². The van der Waals surface area contributed by atoms with Gasteiger partial charge in [0, 0.05) is 30.9 Å². The number of nitrogens with zero attached hydrogens (tertiary/aromatic N) is 4. The number of hydrogen-bond acceptors (Lipinski definition) is 6. The quantitative estimate of drug-likeness (QED) is 0.582. The molecule has 2 heterocycles. The molecule has 5 rings (SSSR count). The van der Waals surface area contributed by atoms with Gasteiger partial charge in [-0.3, -0.25) is 9.59 Å². The molecule has 0 atom stereocenters. The lowest BCUT2D eigenvalue weighted by molar-refractivity contribution is -0.122. The molecule has 0 radical (unpaired) electrons. The number of hydrogen-bond donors (Lipinski definition) is 1. The highest BCUT2D eigenvalue weighted by Crippen LogP contribution is 2.30. The molecule has 3 aromatic rings. The minimum Gasteiger partial charge on any atom is -0.497 e. The van der Waals surface area contributed by atoms with Crippen molar-refractivity contribution < 1.29 is 14.3 Å². The summed E-state index contributed by atoms with van der Waals surface area (Å²) in [7, 11) is 5.48. The van der Waals surface area contributed by atoms with Gasteiger partial charge in [-0.2, -0.15) is 10.1 Å². The van der Waals surface area contributed by atoms with Crippen molar-refractivity contribution in [3.8, 4) is 5.75 Å². The van der Waals surface area contributed by atoms with Crippen molar-refractivity contribution in [1.82, 2.24) is 5.01 Å². The normalized spacial score (nSPS) is 17.0. The molecule has 8 nitrogen and oxygen atoms in total. The first-order valence-corrected chi connectivity index (χ1v) is 11.0. The van der Waals surface area contributed by atoms with E-state index in [1.807, 2.05) is 73.6 Å². The molecule has 0 fully saturated rings. The number of benzene rings is 3. The Morgan fingerprint density at radius 2 is 1.74 bits per heavy atom. The first kappa shape index (κ1) is 22.1. The number of aliphatic imine (C=N–C) groups is 1. The van der Waals surface area contributed by atoms with Gasteiger partial charge in [0.05, 0.1) is 12.8 Å². The maximum absolute atomic E-state index is 13.5. The van der Waals surface area contributed by atoms with Gasteiger partial charge in [-0.05, 0) is 42.0 Å². The predicted molar refractivity (Wildman–Crippen MR) is 137 cm³/mol. The van der Waals surface area contributed by atoms with E-state index in [0.717, 1.165) is 11.3 Å². The van der Waals surface area contributed by atoms with Crippen LogP contribution in [-0.2, 0) is 9.59 Å². The number of carbonyl (C=O) groups is 2. The number of rotatable bonds is 5. The van der Waals surface area contributed by atoms with Gasteiger partial charge in [-0.1, -0.05) is 42.5 Å². The Hall–Kier alpha value is -4.72. The van der Waals surface area contributed by atoms with Crippen LogP contribution in [0.15, 0.2) is 88.6 Å². The highest BCUT2D eigenvalue weighted by atomic mass is 16.5. The highest BCUT2D eigenvalue weighted by molar-refractivity contribution is 6.54. The molecule has 0 bridgehead atoms. The zero-order valence-corrected chi connectivity index (χ0v) is 19.5. The molecule has 2 aliphatic rings. The highest BCUT2D eigenvalue weighted by Gasteiger charge is 2.35. The molecule has 0 spiro atoms. The fraction of sp³-hybridized carbons (Fsp3) is 0.111. The van der Waals surface area contributed by atoms with E-state index >= 15 is 0 Å². The molecule has 0 aromatic heterocycles. The first-order valence-electron chi connectivity index (χ1n) is 11.0. The Morgan fingerprint density at radius 1 is 1.00 bits per heavy atom. The number of fused-ring (bicyclic) bond motifs is 1. The van der Waals surface area contributed by atoms with Crippen LogP contribution in [0.4, 0.5) is 11.4 Å². The minimum atomic E-state index is -0.419. The van der Waals surface area contributed by atoms with Crippen LogP contribution in [0.1, 0.15) is 16.7 Å². The lowest BCUT2D eigenvalue weighted by Gasteiger charge is -2.13. The van der Waals surface area contributed by atoms with E-state index < -0.39 is 11.8 Å². The van der Waals surface area contributed by atoms with Crippen LogP contribution < -0.4 is 15.0 Å². The molecular formula is C27H23N5O3. The molecule has 0 unspecified atom stereocenters. The number of amidine groups is 1. The maximum atomic E-state index is 13.5. The third-order valence-electron chi connectivity index (χ3n) is 5.73. The maximum Gasteiger partial charge on any atom is 0.298 e. The Morgan fingerprint density at radius 3 is 2.43 bits per heavy atom. The van der Waals surface area contributed by atoms with E-state index in [1.54, 1.807) is 31.4 Å². The van der Waals surface area contributed by atoms with Crippen molar-refractivity contribution >= 4 is 40.8 Å². The summed E-state index contributed by atoms with van der Waals surface area (Å²) in [6, 6.07) is 22.3. The topological polar surface area (TPSA) is 86.6 Å². The van der Waals surface area contributed by atoms with Crippen molar-refractivity contribution in [3.05, 3.63) is 95.2 Å². The molecule has 2 aliphatic heterocycles. The second-order valence-corrected chi connectivity index (χ2v) is 8.25. The van der Waals surface area contributed by atoms with E-state index in [1.165, 1.54) is 5.01 Å². The molecule has 1 N–H and O–H groups in total. The lowest BCUT2D eigenvalue weighted by atomic mass is 10.1. The van der Waals surface area contributed by atoms with Crippen LogP contribution in [0.3, 0.4) is 0 Å². The van der Waals surface area contributed by atoms with Crippen molar-refractivity contribution in [2.75, 3.05) is 31.4 Å². The number of carbonyl (C=O) groups excluding carboxylic acids is 2. The number of methoxy groups -OCH3 is 1. The predicted octanol–water partition coefficient (Wildman–Crippen LogP) is 3.75. The largest absolute Gasteiger partial charge is 0.497 e. The number of anilines is 2. The summed E-state index contributed by atoms with van der Waals surface area (Å²) in [5, 5.41) is 8.47. The molecule has 0 saturated heterocycles. The van der Waals surface area contributed by atoms with Gasteiger partial charge in [-0.15, -0.1) is 0 Å². The van der Waals surface area contributed by atoms with Crippen molar-refractivity contribution in [3.63, 3.8) is 0 Å². The van der Waals surface area contributed by atoms with Crippen LogP contribution in [0.2, 0.25) is 0 Å². The molecule has 8 heteroatoms. The Bertz CT molecular complexity index is 1410. The first-order chi connectivity index (χ1) is 16.9. The van der Waals surface area contributed by atoms with E-state index in [0.29, 0.717) is 28.4 Å².